The highest BCUT2D eigenvalue weighted by molar-refractivity contribution is 5.94. The summed E-state index contributed by atoms with van der Waals surface area (Å²) in [4.78, 5) is 27.1. The fourth-order valence-electron chi connectivity index (χ4n) is 7.40. The van der Waals surface area contributed by atoms with Crippen LogP contribution in [-0.4, -0.2) is 58.0 Å². The summed E-state index contributed by atoms with van der Waals surface area (Å²) in [6.07, 6.45) is 13.7. The molecule has 1 aromatic rings. The zero-order chi connectivity index (χ0) is 23.8. The number of aromatic nitrogens is 2. The summed E-state index contributed by atoms with van der Waals surface area (Å²) in [5, 5.41) is 3.23. The highest BCUT2D eigenvalue weighted by Crippen LogP contribution is 2.53. The highest BCUT2D eigenvalue weighted by Gasteiger charge is 2.53. The molecule has 0 aromatic carbocycles. The van der Waals surface area contributed by atoms with Crippen molar-refractivity contribution in [2.45, 2.75) is 117 Å². The molecule has 1 N–H and O–H groups in total. The van der Waals surface area contributed by atoms with Gasteiger partial charge in [0.2, 0.25) is 5.95 Å². The zero-order valence-electron chi connectivity index (χ0n) is 21.7. The number of anilines is 1. The van der Waals surface area contributed by atoms with E-state index in [1.807, 2.05) is 0 Å². The van der Waals surface area contributed by atoms with E-state index in [-0.39, 0.29) is 22.8 Å². The molecule has 1 aliphatic heterocycles. The molecular weight excluding hydrogens is 410 g/mol. The predicted octanol–water partition coefficient (Wildman–Crippen LogP) is 5.04. The summed E-state index contributed by atoms with van der Waals surface area (Å²) in [5.41, 5.74) is 0.813. The smallest absolute Gasteiger partial charge is 0.254 e. The Morgan fingerprint density at radius 1 is 0.970 bits per heavy atom. The maximum atomic E-state index is 12.8. The van der Waals surface area contributed by atoms with Gasteiger partial charge in [-0.25, -0.2) is 9.97 Å². The van der Waals surface area contributed by atoms with Crippen LogP contribution in [0.25, 0.3) is 0 Å². The largest absolute Gasteiger partial charge is 0.348 e. The van der Waals surface area contributed by atoms with Gasteiger partial charge >= 0.3 is 0 Å². The first-order chi connectivity index (χ1) is 15.6. The van der Waals surface area contributed by atoms with E-state index in [0.29, 0.717) is 17.6 Å². The number of hydrogen-bond acceptors (Lipinski definition) is 5. The number of nitrogens with zero attached hydrogens (tertiary/aromatic N) is 4. The average Bonchev–Trinajstić information content (AvgIpc) is 2.78. The molecule has 1 aromatic heterocycles. The van der Waals surface area contributed by atoms with Crippen molar-refractivity contribution >= 4 is 11.9 Å². The third-order valence-corrected chi connectivity index (χ3v) is 8.41. The Labute approximate surface area is 200 Å². The van der Waals surface area contributed by atoms with E-state index < -0.39 is 0 Å². The molecule has 2 saturated carbocycles. The summed E-state index contributed by atoms with van der Waals surface area (Å²) >= 11 is 0. The van der Waals surface area contributed by atoms with Gasteiger partial charge in [-0.05, 0) is 56.8 Å². The van der Waals surface area contributed by atoms with Crippen LogP contribution in [-0.2, 0) is 0 Å². The quantitative estimate of drug-likeness (QED) is 0.651. The van der Waals surface area contributed by atoms with Crippen molar-refractivity contribution in [2.75, 3.05) is 18.0 Å². The molecular formula is C27H45N5O. The minimum atomic E-state index is -0.0637. The average molecular weight is 456 g/mol. The van der Waals surface area contributed by atoms with E-state index in [1.165, 1.54) is 32.1 Å². The predicted molar refractivity (Wildman–Crippen MR) is 135 cm³/mol. The van der Waals surface area contributed by atoms with E-state index >= 15 is 0 Å². The molecule has 1 amide bonds. The molecule has 0 bridgehead atoms. The molecule has 0 atom stereocenters. The van der Waals surface area contributed by atoms with Crippen LogP contribution in [0.1, 0.15) is 103 Å². The number of carbonyl (C=O) groups excluding carboxylic acids is 1. The molecule has 1 saturated heterocycles. The standard InChI is InChI=1S/C27H45N5O/c1-19(2)32(21-10-8-7-9-11-21)22-12-14-31(15-13-22)25-28-16-20(17-29-25)23(33)30-24-26(3,4)18-27(24,5)6/h16-17,19,21-22,24H,7-15,18H2,1-6H3,(H,30,33). The van der Waals surface area contributed by atoms with E-state index in [9.17, 15) is 4.79 Å². The van der Waals surface area contributed by atoms with Crippen LogP contribution in [0.3, 0.4) is 0 Å². The lowest BCUT2D eigenvalue weighted by Gasteiger charge is -2.57. The number of carbonyl (C=O) groups is 1. The monoisotopic (exact) mass is 455 g/mol. The van der Waals surface area contributed by atoms with Crippen LogP contribution in [0.2, 0.25) is 0 Å². The summed E-state index contributed by atoms with van der Waals surface area (Å²) in [5.74, 6) is 0.689. The van der Waals surface area contributed by atoms with E-state index in [2.05, 4.69) is 66.6 Å². The molecule has 2 aliphatic carbocycles. The summed E-state index contributed by atoms with van der Waals surface area (Å²) in [6.45, 7) is 15.6. The van der Waals surface area contributed by atoms with Crippen LogP contribution in [0.15, 0.2) is 12.4 Å². The van der Waals surface area contributed by atoms with Crippen LogP contribution >= 0.6 is 0 Å². The molecule has 33 heavy (non-hydrogen) atoms. The van der Waals surface area contributed by atoms with Crippen molar-refractivity contribution in [2.24, 2.45) is 10.8 Å². The minimum Gasteiger partial charge on any atom is -0.348 e. The van der Waals surface area contributed by atoms with Gasteiger partial charge in [0.25, 0.3) is 5.91 Å². The van der Waals surface area contributed by atoms with E-state index in [0.717, 1.165) is 44.3 Å². The van der Waals surface area contributed by atoms with Crippen molar-refractivity contribution in [1.29, 1.82) is 0 Å². The van der Waals surface area contributed by atoms with Crippen molar-refractivity contribution in [3.05, 3.63) is 18.0 Å². The fraction of sp³-hybridized carbons (Fsp3) is 0.815. The van der Waals surface area contributed by atoms with Crippen LogP contribution in [0, 0.1) is 10.8 Å². The summed E-state index contributed by atoms with van der Waals surface area (Å²) in [6, 6.07) is 2.19. The third kappa shape index (κ3) is 5.21. The number of hydrogen-bond donors (Lipinski definition) is 1. The van der Waals surface area contributed by atoms with Crippen molar-refractivity contribution < 1.29 is 4.79 Å². The van der Waals surface area contributed by atoms with Crippen molar-refractivity contribution in [3.63, 3.8) is 0 Å². The molecule has 2 heterocycles. The maximum Gasteiger partial charge on any atom is 0.254 e. The molecule has 4 rings (SSSR count). The summed E-state index contributed by atoms with van der Waals surface area (Å²) < 4.78 is 0. The molecule has 3 aliphatic rings. The lowest BCUT2D eigenvalue weighted by atomic mass is 9.52. The van der Waals surface area contributed by atoms with Gasteiger partial charge in [0.05, 0.1) is 5.56 Å². The first-order valence-corrected chi connectivity index (χ1v) is 13.2. The first kappa shape index (κ1) is 24.4. The number of nitrogens with one attached hydrogen (secondary N) is 1. The van der Waals surface area contributed by atoms with Gasteiger partial charge in [-0.15, -0.1) is 0 Å². The molecule has 6 heteroatoms. The Balaban J connectivity index is 1.33. The molecule has 3 fully saturated rings. The third-order valence-electron chi connectivity index (χ3n) is 8.41. The van der Waals surface area contributed by atoms with Gasteiger partial charge in [-0.2, -0.15) is 0 Å². The molecule has 0 radical (unpaired) electrons. The second-order valence-electron chi connectivity index (χ2n) is 12.4. The second-order valence-corrected chi connectivity index (χ2v) is 12.4. The Hall–Kier alpha value is -1.69. The van der Waals surface area contributed by atoms with Crippen LogP contribution in [0.4, 0.5) is 5.95 Å². The van der Waals surface area contributed by atoms with Gasteiger partial charge in [0.1, 0.15) is 0 Å². The molecule has 0 spiro atoms. The first-order valence-electron chi connectivity index (χ1n) is 13.2. The SMILES string of the molecule is CC(C)N(C1CCCCC1)C1CCN(c2ncc(C(=O)NC3C(C)(C)CC3(C)C)cn2)CC1. The molecule has 184 valence electrons. The van der Waals surface area contributed by atoms with Gasteiger partial charge < -0.3 is 10.2 Å². The Morgan fingerprint density at radius 3 is 2.03 bits per heavy atom. The highest BCUT2D eigenvalue weighted by atomic mass is 16.1. The number of amides is 1. The van der Waals surface area contributed by atoms with Crippen molar-refractivity contribution in [1.82, 2.24) is 20.2 Å². The van der Waals surface area contributed by atoms with Gasteiger partial charge in [0.15, 0.2) is 0 Å². The van der Waals surface area contributed by atoms with Crippen molar-refractivity contribution in [3.8, 4) is 0 Å². The van der Waals surface area contributed by atoms with E-state index in [1.54, 1.807) is 12.4 Å². The number of piperidine rings is 1. The minimum absolute atomic E-state index is 0.0637. The number of rotatable bonds is 6. The lowest BCUT2D eigenvalue weighted by Crippen LogP contribution is -2.63. The second kappa shape index (κ2) is 9.52. The fourth-order valence-corrected chi connectivity index (χ4v) is 7.40. The topological polar surface area (TPSA) is 61.4 Å². The Bertz CT molecular complexity index is 790. The molecule has 0 unspecified atom stereocenters. The van der Waals surface area contributed by atoms with Gasteiger partial charge in [0, 0.05) is 49.7 Å². The van der Waals surface area contributed by atoms with Gasteiger partial charge in [-0.3, -0.25) is 9.69 Å². The zero-order valence-corrected chi connectivity index (χ0v) is 21.7. The normalized spacial score (nSPS) is 24.2. The Kier molecular flexibility index (Phi) is 7.05. The van der Waals surface area contributed by atoms with Crippen LogP contribution in [0.5, 0.6) is 0 Å². The van der Waals surface area contributed by atoms with Crippen LogP contribution < -0.4 is 10.2 Å². The van der Waals surface area contributed by atoms with Gasteiger partial charge in [-0.1, -0.05) is 47.0 Å². The lowest BCUT2D eigenvalue weighted by molar-refractivity contribution is -0.0366. The summed E-state index contributed by atoms with van der Waals surface area (Å²) in [7, 11) is 0. The van der Waals surface area contributed by atoms with E-state index in [4.69, 9.17) is 0 Å². The maximum absolute atomic E-state index is 12.8. The Morgan fingerprint density at radius 2 is 1.52 bits per heavy atom. The molecule has 6 nitrogen and oxygen atoms in total.